The average molecular weight is 400 g/mol. The van der Waals surface area contributed by atoms with E-state index in [1.165, 1.54) is 6.92 Å². The van der Waals surface area contributed by atoms with E-state index in [-0.39, 0.29) is 18.8 Å². The lowest BCUT2D eigenvalue weighted by molar-refractivity contribution is -0.582. The minimum Gasteiger partial charge on any atom is -0.506 e. The number of para-hydroxylation sites is 1. The molecule has 2 N–H and O–H groups in total. The van der Waals surface area contributed by atoms with E-state index < -0.39 is 28.6 Å². The first-order chi connectivity index (χ1) is 13.8. The molecular formula is C21H24N2O6. The second kappa shape index (κ2) is 7.98. The molecule has 8 nitrogen and oxygen atoms in total. The lowest BCUT2D eigenvalue weighted by atomic mass is 9.78. The Morgan fingerprint density at radius 3 is 2.72 bits per heavy atom. The van der Waals surface area contributed by atoms with Gasteiger partial charge in [-0.25, -0.2) is 0 Å². The first-order valence-electron chi connectivity index (χ1n) is 9.39. The van der Waals surface area contributed by atoms with Gasteiger partial charge in [-0.3, -0.25) is 14.9 Å². The molecule has 2 aromatic rings. The zero-order valence-corrected chi connectivity index (χ0v) is 16.5. The monoisotopic (exact) mass is 400 g/mol. The topological polar surface area (TPSA) is 111 Å². The highest BCUT2D eigenvalue weighted by atomic mass is 16.6. The molecule has 0 spiro atoms. The van der Waals surface area contributed by atoms with Gasteiger partial charge in [-0.15, -0.1) is 0 Å². The first kappa shape index (κ1) is 20.4. The van der Waals surface area contributed by atoms with Crippen LogP contribution < -0.4 is 10.1 Å². The van der Waals surface area contributed by atoms with Gasteiger partial charge in [-0.2, -0.15) is 0 Å². The van der Waals surface area contributed by atoms with Crippen molar-refractivity contribution in [2.24, 2.45) is 0 Å². The van der Waals surface area contributed by atoms with Gasteiger partial charge >= 0.3 is 5.97 Å². The number of hydrogen-bond donors (Lipinski definition) is 2. The van der Waals surface area contributed by atoms with E-state index in [0.717, 1.165) is 5.56 Å². The summed E-state index contributed by atoms with van der Waals surface area (Å²) >= 11 is 0. The number of esters is 1. The van der Waals surface area contributed by atoms with Crippen LogP contribution in [0, 0.1) is 17.0 Å². The molecule has 0 saturated heterocycles. The van der Waals surface area contributed by atoms with E-state index in [2.05, 4.69) is 5.32 Å². The second-order valence-corrected chi connectivity index (χ2v) is 7.23. The average Bonchev–Trinajstić information content (AvgIpc) is 2.66. The van der Waals surface area contributed by atoms with E-state index >= 15 is 0 Å². The standard InChI is InChI=1S/C21H24N2O6/c1-4-28-19(25)12-18-21(3,23(26)27)20(14-7-5-6-8-17(14)29-18)22-15-10-9-13(2)11-16(15)24/h5-11,18,20,22,24H,4,12H2,1-3H3/t18-,20-,21-/m0/s1. The molecule has 1 aliphatic heterocycles. The van der Waals surface area contributed by atoms with Gasteiger partial charge in [-0.1, -0.05) is 24.3 Å². The van der Waals surface area contributed by atoms with Crippen LogP contribution in [0.25, 0.3) is 0 Å². The third kappa shape index (κ3) is 3.83. The fourth-order valence-corrected chi connectivity index (χ4v) is 3.59. The number of carbonyl (C=O) groups is 1. The van der Waals surface area contributed by atoms with E-state index in [9.17, 15) is 20.0 Å². The number of ether oxygens (including phenoxy) is 2. The van der Waals surface area contributed by atoms with Crippen molar-refractivity contribution in [2.75, 3.05) is 11.9 Å². The van der Waals surface area contributed by atoms with E-state index in [4.69, 9.17) is 9.47 Å². The molecule has 3 atom stereocenters. The molecule has 0 aliphatic carbocycles. The Labute approximate surface area is 168 Å². The maximum atomic E-state index is 12.2. The molecule has 2 aromatic carbocycles. The third-order valence-corrected chi connectivity index (χ3v) is 5.24. The Kier molecular flexibility index (Phi) is 5.63. The minimum absolute atomic E-state index is 0.0124. The predicted octanol–water partition coefficient (Wildman–Crippen LogP) is 3.60. The zero-order chi connectivity index (χ0) is 21.2. The number of phenols is 1. The van der Waals surface area contributed by atoms with Crippen LogP contribution >= 0.6 is 0 Å². The van der Waals surface area contributed by atoms with Crippen LogP contribution in [-0.2, 0) is 9.53 Å². The largest absolute Gasteiger partial charge is 0.506 e. The number of phenolic OH excluding ortho intramolecular Hbond substituents is 1. The zero-order valence-electron chi connectivity index (χ0n) is 16.5. The van der Waals surface area contributed by atoms with Gasteiger partial charge in [0.05, 0.1) is 18.7 Å². The van der Waals surface area contributed by atoms with Crippen LogP contribution in [0.3, 0.4) is 0 Å². The van der Waals surface area contributed by atoms with Crippen molar-refractivity contribution in [3.05, 3.63) is 63.7 Å². The molecule has 0 amide bonds. The van der Waals surface area contributed by atoms with Crippen LogP contribution in [0.1, 0.15) is 37.4 Å². The smallest absolute Gasteiger partial charge is 0.309 e. The number of anilines is 1. The number of nitro groups is 1. The summed E-state index contributed by atoms with van der Waals surface area (Å²) in [4.78, 5) is 23.9. The van der Waals surface area contributed by atoms with Crippen molar-refractivity contribution in [3.8, 4) is 11.5 Å². The molecule has 0 radical (unpaired) electrons. The highest BCUT2D eigenvalue weighted by Crippen LogP contribution is 2.46. The van der Waals surface area contributed by atoms with Crippen molar-refractivity contribution in [1.29, 1.82) is 0 Å². The van der Waals surface area contributed by atoms with Crippen LogP contribution in [-0.4, -0.2) is 34.2 Å². The molecule has 0 saturated carbocycles. The number of nitrogens with zero attached hydrogens (tertiary/aromatic N) is 1. The number of rotatable bonds is 6. The lowest BCUT2D eigenvalue weighted by Crippen LogP contribution is -2.59. The van der Waals surface area contributed by atoms with Gasteiger partial charge in [-0.05, 0) is 37.6 Å². The van der Waals surface area contributed by atoms with Gasteiger partial charge < -0.3 is 19.9 Å². The molecule has 0 bridgehead atoms. The maximum Gasteiger partial charge on any atom is 0.309 e. The lowest BCUT2D eigenvalue weighted by Gasteiger charge is -2.41. The number of aromatic hydroxyl groups is 1. The summed E-state index contributed by atoms with van der Waals surface area (Å²) in [6, 6.07) is 11.2. The quantitative estimate of drug-likeness (QED) is 0.330. The van der Waals surface area contributed by atoms with Gasteiger partial charge in [0.15, 0.2) is 6.10 Å². The molecule has 1 heterocycles. The van der Waals surface area contributed by atoms with Gasteiger partial charge in [0.25, 0.3) is 5.54 Å². The Balaban J connectivity index is 2.08. The normalized spacial score (nSPS) is 22.9. The molecule has 29 heavy (non-hydrogen) atoms. The van der Waals surface area contributed by atoms with Crippen molar-refractivity contribution in [1.82, 2.24) is 0 Å². The number of hydrogen-bond acceptors (Lipinski definition) is 7. The van der Waals surface area contributed by atoms with Gasteiger partial charge in [0.1, 0.15) is 17.5 Å². The maximum absolute atomic E-state index is 12.2. The summed E-state index contributed by atoms with van der Waals surface area (Å²) in [5.41, 5.74) is 0.100. The summed E-state index contributed by atoms with van der Waals surface area (Å²) in [5, 5.41) is 25.7. The van der Waals surface area contributed by atoms with Crippen molar-refractivity contribution >= 4 is 11.7 Å². The van der Waals surface area contributed by atoms with Crippen molar-refractivity contribution in [3.63, 3.8) is 0 Å². The fourth-order valence-electron chi connectivity index (χ4n) is 3.59. The van der Waals surface area contributed by atoms with E-state index in [1.807, 2.05) is 6.92 Å². The molecule has 0 unspecified atom stereocenters. The SMILES string of the molecule is CCOC(=O)C[C@@H]1Oc2ccccc2[C@H](Nc2ccc(C)cc2O)[C@@]1(C)[N+](=O)[O-]. The predicted molar refractivity (Wildman–Crippen MR) is 107 cm³/mol. The Bertz CT molecular complexity index is 931. The molecule has 8 heteroatoms. The molecule has 154 valence electrons. The van der Waals surface area contributed by atoms with Gasteiger partial charge in [0.2, 0.25) is 0 Å². The molecule has 1 aliphatic rings. The number of benzene rings is 2. The Hall–Kier alpha value is -3.29. The highest BCUT2D eigenvalue weighted by Gasteiger charge is 2.59. The summed E-state index contributed by atoms with van der Waals surface area (Å²) in [5.74, 6) is -0.131. The van der Waals surface area contributed by atoms with Crippen molar-refractivity contribution in [2.45, 2.75) is 44.9 Å². The van der Waals surface area contributed by atoms with Crippen LogP contribution in [0.5, 0.6) is 11.5 Å². The van der Waals surface area contributed by atoms with E-state index in [0.29, 0.717) is 17.0 Å². The van der Waals surface area contributed by atoms with Gasteiger partial charge in [0, 0.05) is 17.4 Å². The molecule has 3 rings (SSSR count). The molecule has 0 fully saturated rings. The summed E-state index contributed by atoms with van der Waals surface area (Å²) in [6.45, 7) is 5.13. The molecular weight excluding hydrogens is 376 g/mol. The fraction of sp³-hybridized carbons (Fsp3) is 0.381. The molecule has 0 aromatic heterocycles. The number of nitrogens with one attached hydrogen (secondary N) is 1. The second-order valence-electron chi connectivity index (χ2n) is 7.23. The van der Waals surface area contributed by atoms with E-state index in [1.54, 1.807) is 49.4 Å². The third-order valence-electron chi connectivity index (χ3n) is 5.24. The minimum atomic E-state index is -1.70. The highest BCUT2D eigenvalue weighted by molar-refractivity contribution is 5.70. The summed E-state index contributed by atoms with van der Waals surface area (Å²) < 4.78 is 10.9. The van der Waals surface area contributed by atoms with Crippen LogP contribution in [0.15, 0.2) is 42.5 Å². The number of carbonyl (C=O) groups excluding carboxylic acids is 1. The summed E-state index contributed by atoms with van der Waals surface area (Å²) in [7, 11) is 0. The Morgan fingerprint density at radius 2 is 2.07 bits per heavy atom. The Morgan fingerprint density at radius 1 is 1.34 bits per heavy atom. The van der Waals surface area contributed by atoms with Crippen molar-refractivity contribution < 1.29 is 24.3 Å². The van der Waals surface area contributed by atoms with Crippen LogP contribution in [0.2, 0.25) is 0 Å². The number of fused-ring (bicyclic) bond motifs is 1. The summed E-state index contributed by atoms with van der Waals surface area (Å²) in [6.07, 6.45) is -1.32. The van der Waals surface area contributed by atoms with Crippen LogP contribution in [0.4, 0.5) is 5.69 Å². The number of aryl methyl sites for hydroxylation is 1. The first-order valence-corrected chi connectivity index (χ1v) is 9.39.